The summed E-state index contributed by atoms with van der Waals surface area (Å²) in [5.74, 6) is -1.11. The Labute approximate surface area is 211 Å². The average Bonchev–Trinajstić information content (AvgIpc) is 2.86. The lowest BCUT2D eigenvalue weighted by molar-refractivity contribution is -0.136. The molecule has 0 spiro atoms. The SMILES string of the molecule is COc1ccc(NC(=O)COc2ccc(/C=N\NC(=O)C(=O)Nc3cccc(Cl)c3Cl)cc2)cc1. The van der Waals surface area contributed by atoms with Crippen LogP contribution in [0.5, 0.6) is 11.5 Å². The van der Waals surface area contributed by atoms with Gasteiger partial charge in [0.2, 0.25) is 0 Å². The van der Waals surface area contributed by atoms with Crippen LogP contribution >= 0.6 is 23.2 Å². The highest BCUT2D eigenvalue weighted by atomic mass is 35.5. The molecule has 3 N–H and O–H groups in total. The molecule has 0 saturated carbocycles. The topological polar surface area (TPSA) is 118 Å². The van der Waals surface area contributed by atoms with Gasteiger partial charge in [-0.2, -0.15) is 5.10 Å². The number of anilines is 2. The smallest absolute Gasteiger partial charge is 0.329 e. The van der Waals surface area contributed by atoms with E-state index in [1.807, 2.05) is 0 Å². The number of carbonyl (C=O) groups excluding carboxylic acids is 3. The van der Waals surface area contributed by atoms with Crippen LogP contribution in [0, 0.1) is 0 Å². The third-order valence-corrected chi connectivity index (χ3v) is 5.23. The van der Waals surface area contributed by atoms with E-state index in [0.29, 0.717) is 22.7 Å². The van der Waals surface area contributed by atoms with E-state index in [1.165, 1.54) is 12.3 Å². The number of hydrogen-bond donors (Lipinski definition) is 3. The predicted octanol–water partition coefficient (Wildman–Crippen LogP) is 4.11. The molecule has 0 unspecified atom stereocenters. The van der Waals surface area contributed by atoms with Gasteiger partial charge in [-0.3, -0.25) is 14.4 Å². The Morgan fingerprint density at radius 3 is 2.26 bits per heavy atom. The van der Waals surface area contributed by atoms with Gasteiger partial charge in [0.05, 0.1) is 29.1 Å². The predicted molar refractivity (Wildman–Crippen MR) is 134 cm³/mol. The number of benzene rings is 3. The summed E-state index contributed by atoms with van der Waals surface area (Å²) in [7, 11) is 1.56. The number of rotatable bonds is 8. The summed E-state index contributed by atoms with van der Waals surface area (Å²) in [4.78, 5) is 35.9. The fraction of sp³-hybridized carbons (Fsp3) is 0.0833. The highest BCUT2D eigenvalue weighted by molar-refractivity contribution is 6.45. The van der Waals surface area contributed by atoms with Crippen molar-refractivity contribution >= 4 is 58.5 Å². The Kier molecular flexibility index (Phi) is 9.05. The number of amides is 3. The zero-order valence-corrected chi connectivity index (χ0v) is 19.9. The lowest BCUT2D eigenvalue weighted by atomic mass is 10.2. The lowest BCUT2D eigenvalue weighted by Gasteiger charge is -2.08. The van der Waals surface area contributed by atoms with Crippen molar-refractivity contribution in [2.24, 2.45) is 5.10 Å². The molecule has 35 heavy (non-hydrogen) atoms. The highest BCUT2D eigenvalue weighted by Gasteiger charge is 2.15. The number of nitrogens with one attached hydrogen (secondary N) is 3. The van der Waals surface area contributed by atoms with Crippen molar-refractivity contribution < 1.29 is 23.9 Å². The van der Waals surface area contributed by atoms with Crippen molar-refractivity contribution in [3.63, 3.8) is 0 Å². The summed E-state index contributed by atoms with van der Waals surface area (Å²) >= 11 is 11.9. The van der Waals surface area contributed by atoms with Crippen LogP contribution < -0.4 is 25.5 Å². The molecular weight excluding hydrogens is 495 g/mol. The van der Waals surface area contributed by atoms with Crippen molar-refractivity contribution in [1.82, 2.24) is 5.43 Å². The van der Waals surface area contributed by atoms with E-state index >= 15 is 0 Å². The van der Waals surface area contributed by atoms with Crippen LogP contribution in [0.2, 0.25) is 10.0 Å². The van der Waals surface area contributed by atoms with Crippen molar-refractivity contribution in [2.45, 2.75) is 0 Å². The first-order valence-electron chi connectivity index (χ1n) is 10.1. The van der Waals surface area contributed by atoms with Gasteiger partial charge in [-0.05, 0) is 66.2 Å². The van der Waals surface area contributed by atoms with Crippen LogP contribution in [-0.4, -0.2) is 37.7 Å². The Hall–Kier alpha value is -4.08. The minimum Gasteiger partial charge on any atom is -0.497 e. The fourth-order valence-electron chi connectivity index (χ4n) is 2.67. The molecule has 11 heteroatoms. The molecule has 0 aromatic heterocycles. The van der Waals surface area contributed by atoms with Gasteiger partial charge < -0.3 is 20.1 Å². The van der Waals surface area contributed by atoms with E-state index in [-0.39, 0.29) is 28.2 Å². The molecule has 180 valence electrons. The summed E-state index contributed by atoms with van der Waals surface area (Å²) in [6.45, 7) is -0.179. The second-order valence-corrected chi connectivity index (χ2v) is 7.67. The Morgan fingerprint density at radius 2 is 1.57 bits per heavy atom. The maximum absolute atomic E-state index is 12.0. The molecule has 0 saturated heterocycles. The minimum atomic E-state index is -0.986. The number of nitrogens with zero attached hydrogens (tertiary/aromatic N) is 1. The van der Waals surface area contributed by atoms with Gasteiger partial charge in [-0.1, -0.05) is 29.3 Å². The third-order valence-electron chi connectivity index (χ3n) is 4.41. The van der Waals surface area contributed by atoms with Gasteiger partial charge in [0, 0.05) is 5.69 Å². The van der Waals surface area contributed by atoms with Crippen LogP contribution in [0.4, 0.5) is 11.4 Å². The van der Waals surface area contributed by atoms with Gasteiger partial charge in [-0.15, -0.1) is 0 Å². The van der Waals surface area contributed by atoms with Crippen LogP contribution in [0.1, 0.15) is 5.56 Å². The first-order chi connectivity index (χ1) is 16.9. The van der Waals surface area contributed by atoms with Crippen LogP contribution in [-0.2, 0) is 14.4 Å². The van der Waals surface area contributed by atoms with Crippen LogP contribution in [0.25, 0.3) is 0 Å². The number of ether oxygens (including phenoxy) is 2. The van der Waals surface area contributed by atoms with E-state index in [1.54, 1.807) is 67.8 Å². The standard InChI is InChI=1S/C24H20Cl2N4O5/c1-34-17-11-7-16(8-12-17)28-21(31)14-35-18-9-5-15(6-10-18)13-27-30-24(33)23(32)29-20-4-2-3-19(25)22(20)26/h2-13H,14H2,1H3,(H,28,31)(H,29,32)(H,30,33)/b27-13-. The maximum atomic E-state index is 12.0. The zero-order valence-electron chi connectivity index (χ0n) is 18.4. The minimum absolute atomic E-state index is 0.124. The molecule has 0 aliphatic rings. The first kappa shape index (κ1) is 25.5. The number of carbonyl (C=O) groups is 3. The Morgan fingerprint density at radius 1 is 0.886 bits per heavy atom. The fourth-order valence-corrected chi connectivity index (χ4v) is 3.01. The van der Waals surface area contributed by atoms with E-state index in [9.17, 15) is 14.4 Å². The van der Waals surface area contributed by atoms with Crippen molar-refractivity contribution in [3.05, 3.63) is 82.3 Å². The van der Waals surface area contributed by atoms with Crippen LogP contribution in [0.15, 0.2) is 71.8 Å². The summed E-state index contributed by atoms with van der Waals surface area (Å²) in [5, 5.41) is 9.19. The first-order valence-corrected chi connectivity index (χ1v) is 10.9. The zero-order chi connectivity index (χ0) is 25.2. The Bertz CT molecular complexity index is 1230. The van der Waals surface area contributed by atoms with E-state index in [4.69, 9.17) is 32.7 Å². The quantitative estimate of drug-likeness (QED) is 0.237. The maximum Gasteiger partial charge on any atom is 0.329 e. The lowest BCUT2D eigenvalue weighted by Crippen LogP contribution is -2.32. The van der Waals surface area contributed by atoms with Crippen molar-refractivity contribution in [1.29, 1.82) is 0 Å². The second-order valence-electron chi connectivity index (χ2n) is 6.89. The number of hydrogen-bond acceptors (Lipinski definition) is 6. The average molecular weight is 515 g/mol. The summed E-state index contributed by atoms with van der Waals surface area (Å²) < 4.78 is 10.5. The molecule has 0 bridgehead atoms. The summed E-state index contributed by atoms with van der Waals surface area (Å²) in [6.07, 6.45) is 1.34. The molecule has 9 nitrogen and oxygen atoms in total. The van der Waals surface area contributed by atoms with Crippen LogP contribution in [0.3, 0.4) is 0 Å². The molecule has 0 aliphatic heterocycles. The summed E-state index contributed by atoms with van der Waals surface area (Å²) in [5.41, 5.74) is 3.57. The molecule has 0 heterocycles. The number of halogens is 2. The third kappa shape index (κ3) is 7.73. The molecule has 3 aromatic carbocycles. The molecule has 3 amide bonds. The van der Waals surface area contributed by atoms with E-state index < -0.39 is 11.8 Å². The highest BCUT2D eigenvalue weighted by Crippen LogP contribution is 2.29. The van der Waals surface area contributed by atoms with E-state index in [2.05, 4.69) is 21.2 Å². The molecule has 0 atom stereocenters. The second kappa shape index (κ2) is 12.4. The van der Waals surface area contributed by atoms with Gasteiger partial charge in [0.15, 0.2) is 6.61 Å². The van der Waals surface area contributed by atoms with Crippen molar-refractivity contribution in [2.75, 3.05) is 24.4 Å². The molecule has 3 rings (SSSR count). The Balaban J connectivity index is 1.43. The molecule has 0 radical (unpaired) electrons. The number of hydrazone groups is 1. The normalized spacial score (nSPS) is 10.5. The van der Waals surface area contributed by atoms with Gasteiger partial charge in [0.25, 0.3) is 5.91 Å². The number of methoxy groups -OCH3 is 1. The molecule has 0 fully saturated rings. The largest absolute Gasteiger partial charge is 0.497 e. The summed E-state index contributed by atoms with van der Waals surface area (Å²) in [6, 6.07) is 18.2. The molecule has 3 aromatic rings. The van der Waals surface area contributed by atoms with Gasteiger partial charge in [0.1, 0.15) is 11.5 Å². The molecule has 0 aliphatic carbocycles. The van der Waals surface area contributed by atoms with E-state index in [0.717, 1.165) is 0 Å². The molecular formula is C24H20Cl2N4O5. The van der Waals surface area contributed by atoms with Crippen molar-refractivity contribution in [3.8, 4) is 11.5 Å². The monoisotopic (exact) mass is 514 g/mol. The van der Waals surface area contributed by atoms with Gasteiger partial charge in [-0.25, -0.2) is 5.43 Å². The van der Waals surface area contributed by atoms with Gasteiger partial charge >= 0.3 is 11.8 Å².